The van der Waals surface area contributed by atoms with Gasteiger partial charge in [0.2, 0.25) is 5.91 Å². The molecular formula is C25H29N3O3S. The van der Waals surface area contributed by atoms with E-state index in [1.807, 2.05) is 19.1 Å². The largest absolute Gasteiger partial charge is 0.374 e. The van der Waals surface area contributed by atoms with Crippen LogP contribution in [0.5, 0.6) is 0 Å². The van der Waals surface area contributed by atoms with Crippen molar-refractivity contribution in [2.45, 2.75) is 38.1 Å². The number of anilines is 2. The Kier molecular flexibility index (Phi) is 7.53. The lowest BCUT2D eigenvalue weighted by atomic mass is 10.1. The zero-order chi connectivity index (χ0) is 23.1. The Morgan fingerprint density at radius 2 is 1.50 bits per heavy atom. The van der Waals surface area contributed by atoms with Crippen LogP contribution in [0, 0.1) is 13.8 Å². The number of benzene rings is 3. The highest BCUT2D eigenvalue weighted by Gasteiger charge is 2.15. The fraction of sp³-hybridized carbons (Fsp3) is 0.240. The molecule has 0 saturated carbocycles. The first-order valence-electron chi connectivity index (χ1n) is 10.5. The maximum Gasteiger partial charge on any atom is 0.261 e. The van der Waals surface area contributed by atoms with Gasteiger partial charge < -0.3 is 10.6 Å². The van der Waals surface area contributed by atoms with Gasteiger partial charge in [0.1, 0.15) is 6.04 Å². The molecule has 3 aromatic rings. The Bertz CT molecular complexity index is 1160. The van der Waals surface area contributed by atoms with E-state index in [0.29, 0.717) is 12.2 Å². The molecule has 3 rings (SSSR count). The van der Waals surface area contributed by atoms with Crippen molar-refractivity contribution in [3.63, 3.8) is 0 Å². The van der Waals surface area contributed by atoms with E-state index in [1.54, 1.807) is 55.5 Å². The summed E-state index contributed by atoms with van der Waals surface area (Å²) in [5, 5.41) is 6.09. The number of sulfonamides is 1. The van der Waals surface area contributed by atoms with E-state index >= 15 is 0 Å². The number of hydrogen-bond acceptors (Lipinski definition) is 4. The molecule has 3 N–H and O–H groups in total. The molecule has 0 bridgehead atoms. The first kappa shape index (κ1) is 23.3. The van der Waals surface area contributed by atoms with Crippen LogP contribution in [0.2, 0.25) is 0 Å². The van der Waals surface area contributed by atoms with E-state index in [4.69, 9.17) is 0 Å². The first-order valence-corrected chi connectivity index (χ1v) is 12.0. The number of amides is 1. The SMILES string of the molecule is Cc1ccc(S(=O)(=O)Nc2ccc(NC(C)C(=O)NCCc3ccccc3C)cc2)cc1. The fourth-order valence-corrected chi connectivity index (χ4v) is 4.30. The monoisotopic (exact) mass is 451 g/mol. The standard InChI is InChI=1S/C25H29N3O3S/c1-18-8-14-24(15-9-18)32(30,31)28-23-12-10-22(11-13-23)27-20(3)25(29)26-17-16-21-7-5-4-6-19(21)2/h4-15,20,27-28H,16-17H2,1-3H3,(H,26,29). The van der Waals surface area contributed by atoms with Crippen LogP contribution in [0.1, 0.15) is 23.6 Å². The van der Waals surface area contributed by atoms with Crippen LogP contribution in [0.4, 0.5) is 11.4 Å². The molecule has 1 atom stereocenters. The zero-order valence-electron chi connectivity index (χ0n) is 18.6. The predicted octanol–water partition coefficient (Wildman–Crippen LogP) is 4.26. The molecule has 0 saturated heterocycles. The van der Waals surface area contributed by atoms with E-state index in [9.17, 15) is 13.2 Å². The van der Waals surface area contributed by atoms with Crippen molar-refractivity contribution < 1.29 is 13.2 Å². The maximum atomic E-state index is 12.5. The van der Waals surface area contributed by atoms with E-state index in [0.717, 1.165) is 17.7 Å². The molecule has 3 aromatic carbocycles. The molecule has 1 unspecified atom stereocenters. The minimum atomic E-state index is -3.65. The third kappa shape index (κ3) is 6.34. The van der Waals surface area contributed by atoms with Crippen molar-refractivity contribution in [2.24, 2.45) is 0 Å². The van der Waals surface area contributed by atoms with Gasteiger partial charge in [-0.15, -0.1) is 0 Å². The lowest BCUT2D eigenvalue weighted by Gasteiger charge is -2.16. The van der Waals surface area contributed by atoms with E-state index in [1.165, 1.54) is 11.1 Å². The topological polar surface area (TPSA) is 87.3 Å². The molecule has 0 aromatic heterocycles. The predicted molar refractivity (Wildman–Crippen MR) is 129 cm³/mol. The lowest BCUT2D eigenvalue weighted by Crippen LogP contribution is -2.38. The Balaban J connectivity index is 1.51. The zero-order valence-corrected chi connectivity index (χ0v) is 19.4. The van der Waals surface area contributed by atoms with Gasteiger partial charge in [-0.25, -0.2) is 8.42 Å². The smallest absolute Gasteiger partial charge is 0.261 e. The molecular weight excluding hydrogens is 422 g/mol. The number of carbonyl (C=O) groups excluding carboxylic acids is 1. The fourth-order valence-electron chi connectivity index (χ4n) is 3.25. The van der Waals surface area contributed by atoms with Crippen LogP contribution < -0.4 is 15.4 Å². The number of nitrogens with one attached hydrogen (secondary N) is 3. The quantitative estimate of drug-likeness (QED) is 0.454. The summed E-state index contributed by atoms with van der Waals surface area (Å²) in [6.45, 7) is 6.32. The summed E-state index contributed by atoms with van der Waals surface area (Å²) in [7, 11) is -3.65. The lowest BCUT2D eigenvalue weighted by molar-refractivity contribution is -0.121. The van der Waals surface area contributed by atoms with Crippen molar-refractivity contribution in [3.05, 3.63) is 89.5 Å². The molecule has 7 heteroatoms. The van der Waals surface area contributed by atoms with Gasteiger partial charge in [0.05, 0.1) is 4.90 Å². The normalized spacial score (nSPS) is 12.1. The highest BCUT2D eigenvalue weighted by Crippen LogP contribution is 2.19. The Labute approximate surface area is 190 Å². The van der Waals surface area contributed by atoms with Crippen molar-refractivity contribution in [3.8, 4) is 0 Å². The molecule has 1 amide bonds. The highest BCUT2D eigenvalue weighted by atomic mass is 32.2. The summed E-state index contributed by atoms with van der Waals surface area (Å²) >= 11 is 0. The molecule has 0 spiro atoms. The average molecular weight is 452 g/mol. The van der Waals surface area contributed by atoms with Gasteiger partial charge in [0.25, 0.3) is 10.0 Å². The third-order valence-electron chi connectivity index (χ3n) is 5.20. The van der Waals surface area contributed by atoms with Gasteiger partial charge in [0.15, 0.2) is 0 Å². The molecule has 0 fully saturated rings. The summed E-state index contributed by atoms with van der Waals surface area (Å²) in [4.78, 5) is 12.6. The van der Waals surface area contributed by atoms with Crippen molar-refractivity contribution >= 4 is 27.3 Å². The summed E-state index contributed by atoms with van der Waals surface area (Å²) in [6, 6.07) is 21.2. The Morgan fingerprint density at radius 3 is 2.16 bits per heavy atom. The molecule has 0 aliphatic rings. The minimum absolute atomic E-state index is 0.0947. The number of hydrogen-bond donors (Lipinski definition) is 3. The molecule has 0 aliphatic heterocycles. The van der Waals surface area contributed by atoms with E-state index in [2.05, 4.69) is 34.4 Å². The van der Waals surface area contributed by atoms with Crippen molar-refractivity contribution in [2.75, 3.05) is 16.6 Å². The summed E-state index contributed by atoms with van der Waals surface area (Å²) < 4.78 is 27.6. The van der Waals surface area contributed by atoms with Gasteiger partial charge in [-0.2, -0.15) is 0 Å². The van der Waals surface area contributed by atoms with Crippen molar-refractivity contribution in [1.82, 2.24) is 5.32 Å². The van der Waals surface area contributed by atoms with E-state index in [-0.39, 0.29) is 10.8 Å². The second-order valence-electron chi connectivity index (χ2n) is 7.83. The van der Waals surface area contributed by atoms with Crippen LogP contribution in [0.15, 0.2) is 77.7 Å². The summed E-state index contributed by atoms with van der Waals surface area (Å²) in [5.41, 5.74) is 4.60. The average Bonchev–Trinajstić information content (AvgIpc) is 2.76. The third-order valence-corrected chi connectivity index (χ3v) is 6.60. The van der Waals surface area contributed by atoms with Crippen LogP contribution in [0.25, 0.3) is 0 Å². The van der Waals surface area contributed by atoms with Gasteiger partial charge in [-0.3, -0.25) is 9.52 Å². The second-order valence-corrected chi connectivity index (χ2v) is 9.51. The molecule has 0 radical (unpaired) electrons. The number of aryl methyl sites for hydroxylation is 2. The molecule has 168 valence electrons. The van der Waals surface area contributed by atoms with Crippen molar-refractivity contribution in [1.29, 1.82) is 0 Å². The van der Waals surface area contributed by atoms with Gasteiger partial charge in [-0.05, 0) is 74.7 Å². The van der Waals surface area contributed by atoms with Crippen LogP contribution in [-0.4, -0.2) is 26.9 Å². The number of rotatable bonds is 9. The Hall–Kier alpha value is -3.32. The molecule has 32 heavy (non-hydrogen) atoms. The Morgan fingerprint density at radius 1 is 0.875 bits per heavy atom. The first-order chi connectivity index (χ1) is 15.2. The second kappa shape index (κ2) is 10.3. The summed E-state index contributed by atoms with van der Waals surface area (Å²) in [5.74, 6) is -0.0947. The van der Waals surface area contributed by atoms with Crippen LogP contribution in [0.3, 0.4) is 0 Å². The van der Waals surface area contributed by atoms with E-state index < -0.39 is 16.1 Å². The highest BCUT2D eigenvalue weighted by molar-refractivity contribution is 7.92. The molecule has 0 aliphatic carbocycles. The molecule has 6 nitrogen and oxygen atoms in total. The maximum absolute atomic E-state index is 12.5. The summed E-state index contributed by atoms with van der Waals surface area (Å²) in [6.07, 6.45) is 0.779. The van der Waals surface area contributed by atoms with Gasteiger partial charge in [-0.1, -0.05) is 42.0 Å². The van der Waals surface area contributed by atoms with Gasteiger partial charge >= 0.3 is 0 Å². The van der Waals surface area contributed by atoms with Crippen LogP contribution >= 0.6 is 0 Å². The van der Waals surface area contributed by atoms with Gasteiger partial charge in [0, 0.05) is 17.9 Å². The minimum Gasteiger partial charge on any atom is -0.374 e. The van der Waals surface area contributed by atoms with Crippen LogP contribution in [-0.2, 0) is 21.2 Å². The molecule has 0 heterocycles. The number of carbonyl (C=O) groups is 1.